The van der Waals surface area contributed by atoms with Gasteiger partial charge in [0.25, 0.3) is 0 Å². The van der Waals surface area contributed by atoms with Crippen molar-refractivity contribution in [1.29, 1.82) is 0 Å². The topological polar surface area (TPSA) is 55.1 Å². The molecule has 0 aliphatic rings. The molecule has 1 atom stereocenters. The molecule has 0 radical (unpaired) electrons. The molecule has 0 fully saturated rings. The Morgan fingerprint density at radius 3 is 2.55 bits per heavy atom. The molecule has 3 nitrogen and oxygen atoms in total. The summed E-state index contributed by atoms with van der Waals surface area (Å²) in [7, 11) is 0. The zero-order valence-corrected chi connectivity index (χ0v) is 13.2. The fraction of sp³-hybridized carbons (Fsp3) is 0.133. The minimum absolute atomic E-state index is 0.299. The van der Waals surface area contributed by atoms with Gasteiger partial charge in [0.2, 0.25) is 5.91 Å². The summed E-state index contributed by atoms with van der Waals surface area (Å²) in [5, 5.41) is 3.34. The average Bonchev–Trinajstić information content (AvgIpc) is 2.43. The Balaban J connectivity index is 2.26. The molecule has 2 rings (SSSR count). The van der Waals surface area contributed by atoms with E-state index in [-0.39, 0.29) is 5.91 Å². The van der Waals surface area contributed by atoms with Crippen molar-refractivity contribution in [3.63, 3.8) is 0 Å². The van der Waals surface area contributed by atoms with Crippen molar-refractivity contribution in [2.75, 3.05) is 5.32 Å². The van der Waals surface area contributed by atoms with Crippen LogP contribution in [0, 0.1) is 0 Å². The third kappa shape index (κ3) is 3.20. The number of nitrogens with two attached hydrogens (primary N) is 1. The smallest absolute Gasteiger partial charge is 0.248 e. The summed E-state index contributed by atoms with van der Waals surface area (Å²) in [4.78, 5) is 12.4. The zero-order valence-electron chi connectivity index (χ0n) is 10.9. The lowest BCUT2D eigenvalue weighted by Gasteiger charge is -2.24. The molecule has 0 spiro atoms. The first-order valence-electron chi connectivity index (χ1n) is 6.02. The number of halogens is 2. The number of carbonyl (C=O) groups is 1. The first kappa shape index (κ1) is 15.0. The number of anilines is 1. The van der Waals surface area contributed by atoms with Crippen LogP contribution >= 0.6 is 27.5 Å². The SMILES string of the molecule is CC(N)(C(=O)Nc1cc(Cl)ccc1Br)c1ccccc1. The number of nitrogens with one attached hydrogen (secondary N) is 1. The van der Waals surface area contributed by atoms with Gasteiger partial charge in [0.15, 0.2) is 0 Å². The van der Waals surface area contributed by atoms with Gasteiger partial charge in [0, 0.05) is 9.50 Å². The second-order valence-electron chi connectivity index (χ2n) is 4.65. The summed E-state index contributed by atoms with van der Waals surface area (Å²) in [5.74, 6) is -0.299. The summed E-state index contributed by atoms with van der Waals surface area (Å²) in [6, 6.07) is 14.4. The van der Waals surface area contributed by atoms with E-state index in [2.05, 4.69) is 21.2 Å². The maximum absolute atomic E-state index is 12.4. The summed E-state index contributed by atoms with van der Waals surface area (Å²) in [5.41, 5.74) is 6.37. The summed E-state index contributed by atoms with van der Waals surface area (Å²) in [6.45, 7) is 1.68. The quantitative estimate of drug-likeness (QED) is 0.879. The van der Waals surface area contributed by atoms with Gasteiger partial charge in [0.1, 0.15) is 5.54 Å². The highest BCUT2D eigenvalue weighted by Gasteiger charge is 2.30. The second kappa shape index (κ2) is 5.95. The lowest BCUT2D eigenvalue weighted by Crippen LogP contribution is -2.45. The number of amides is 1. The van der Waals surface area contributed by atoms with Gasteiger partial charge in [-0.05, 0) is 46.6 Å². The van der Waals surface area contributed by atoms with E-state index in [1.807, 2.05) is 30.3 Å². The predicted molar refractivity (Wildman–Crippen MR) is 85.8 cm³/mol. The predicted octanol–water partition coefficient (Wildman–Crippen LogP) is 3.92. The van der Waals surface area contributed by atoms with Crippen molar-refractivity contribution >= 4 is 39.1 Å². The molecule has 104 valence electrons. The van der Waals surface area contributed by atoms with Gasteiger partial charge in [-0.1, -0.05) is 41.9 Å². The van der Waals surface area contributed by atoms with Crippen LogP contribution in [-0.2, 0) is 10.3 Å². The number of hydrogen-bond donors (Lipinski definition) is 2. The molecular weight excluding hydrogens is 340 g/mol. The lowest BCUT2D eigenvalue weighted by atomic mass is 9.92. The molecule has 2 aromatic carbocycles. The van der Waals surface area contributed by atoms with Crippen molar-refractivity contribution in [2.45, 2.75) is 12.5 Å². The van der Waals surface area contributed by atoms with Crippen LogP contribution in [0.3, 0.4) is 0 Å². The van der Waals surface area contributed by atoms with Crippen LogP contribution in [0.4, 0.5) is 5.69 Å². The van der Waals surface area contributed by atoms with Crippen molar-refractivity contribution in [3.05, 3.63) is 63.6 Å². The van der Waals surface area contributed by atoms with Gasteiger partial charge < -0.3 is 11.1 Å². The van der Waals surface area contributed by atoms with Crippen molar-refractivity contribution in [2.24, 2.45) is 5.73 Å². The molecule has 0 bridgehead atoms. The van der Waals surface area contributed by atoms with Crippen LogP contribution in [0.5, 0.6) is 0 Å². The number of carbonyl (C=O) groups excluding carboxylic acids is 1. The van der Waals surface area contributed by atoms with Crippen molar-refractivity contribution < 1.29 is 4.79 Å². The van der Waals surface area contributed by atoms with Gasteiger partial charge in [-0.3, -0.25) is 4.79 Å². The van der Waals surface area contributed by atoms with Crippen LogP contribution in [0.15, 0.2) is 53.0 Å². The first-order valence-corrected chi connectivity index (χ1v) is 7.19. The fourth-order valence-corrected chi connectivity index (χ4v) is 2.28. The maximum atomic E-state index is 12.4. The summed E-state index contributed by atoms with van der Waals surface area (Å²) >= 11 is 9.30. The molecule has 3 N–H and O–H groups in total. The Kier molecular flexibility index (Phi) is 4.48. The van der Waals surface area contributed by atoms with Crippen LogP contribution in [0.2, 0.25) is 5.02 Å². The van der Waals surface area contributed by atoms with E-state index >= 15 is 0 Å². The highest BCUT2D eigenvalue weighted by atomic mass is 79.9. The van der Waals surface area contributed by atoms with Gasteiger partial charge in [-0.25, -0.2) is 0 Å². The first-order chi connectivity index (χ1) is 9.41. The lowest BCUT2D eigenvalue weighted by molar-refractivity contribution is -0.120. The summed E-state index contributed by atoms with van der Waals surface area (Å²) in [6.07, 6.45) is 0. The molecule has 5 heteroatoms. The molecule has 2 aromatic rings. The molecule has 0 aliphatic heterocycles. The Labute approximate surface area is 131 Å². The molecule has 0 heterocycles. The number of benzene rings is 2. The highest BCUT2D eigenvalue weighted by molar-refractivity contribution is 9.10. The largest absolute Gasteiger partial charge is 0.323 e. The highest BCUT2D eigenvalue weighted by Crippen LogP contribution is 2.28. The Morgan fingerprint density at radius 2 is 1.90 bits per heavy atom. The third-order valence-electron chi connectivity index (χ3n) is 3.02. The van der Waals surface area contributed by atoms with Crippen LogP contribution in [0.25, 0.3) is 0 Å². The van der Waals surface area contributed by atoms with Gasteiger partial charge in [-0.2, -0.15) is 0 Å². The molecule has 20 heavy (non-hydrogen) atoms. The Morgan fingerprint density at radius 1 is 1.25 bits per heavy atom. The molecule has 0 aromatic heterocycles. The Bertz CT molecular complexity index is 629. The van der Waals surface area contributed by atoms with E-state index in [1.54, 1.807) is 25.1 Å². The summed E-state index contributed by atoms with van der Waals surface area (Å²) < 4.78 is 0.749. The van der Waals surface area contributed by atoms with E-state index in [0.29, 0.717) is 10.7 Å². The third-order valence-corrected chi connectivity index (χ3v) is 3.95. The van der Waals surface area contributed by atoms with Crippen LogP contribution in [-0.4, -0.2) is 5.91 Å². The molecule has 1 amide bonds. The normalized spacial score (nSPS) is 13.6. The fourth-order valence-electron chi connectivity index (χ4n) is 1.76. The zero-order chi connectivity index (χ0) is 14.8. The molecule has 0 aliphatic carbocycles. The minimum atomic E-state index is -1.12. The molecular formula is C15H14BrClN2O. The van der Waals surface area contributed by atoms with E-state index in [9.17, 15) is 4.79 Å². The van der Waals surface area contributed by atoms with E-state index < -0.39 is 5.54 Å². The van der Waals surface area contributed by atoms with E-state index in [1.165, 1.54) is 0 Å². The number of hydrogen-bond acceptors (Lipinski definition) is 2. The van der Waals surface area contributed by atoms with Gasteiger partial charge >= 0.3 is 0 Å². The van der Waals surface area contributed by atoms with Gasteiger partial charge in [-0.15, -0.1) is 0 Å². The van der Waals surface area contributed by atoms with E-state index in [4.69, 9.17) is 17.3 Å². The minimum Gasteiger partial charge on any atom is -0.323 e. The van der Waals surface area contributed by atoms with Gasteiger partial charge in [0.05, 0.1) is 5.69 Å². The van der Waals surface area contributed by atoms with Crippen molar-refractivity contribution in [1.82, 2.24) is 0 Å². The molecule has 0 saturated carbocycles. The number of rotatable bonds is 3. The standard InChI is InChI=1S/C15H14BrClN2O/c1-15(18,10-5-3-2-4-6-10)14(20)19-13-9-11(17)7-8-12(13)16/h2-9H,18H2,1H3,(H,19,20). The molecule has 0 saturated heterocycles. The maximum Gasteiger partial charge on any atom is 0.248 e. The van der Waals surface area contributed by atoms with Crippen LogP contribution < -0.4 is 11.1 Å². The second-order valence-corrected chi connectivity index (χ2v) is 5.94. The van der Waals surface area contributed by atoms with Crippen molar-refractivity contribution in [3.8, 4) is 0 Å². The van der Waals surface area contributed by atoms with Crippen LogP contribution in [0.1, 0.15) is 12.5 Å². The van der Waals surface area contributed by atoms with E-state index in [0.717, 1.165) is 10.0 Å². The average molecular weight is 354 g/mol. The Hall–Kier alpha value is -1.36. The monoisotopic (exact) mass is 352 g/mol. The molecule has 1 unspecified atom stereocenters.